The van der Waals surface area contributed by atoms with E-state index in [-0.39, 0.29) is 11.6 Å². The molecule has 1 heterocycles. The van der Waals surface area contributed by atoms with Crippen LogP contribution in [0.1, 0.15) is 35.7 Å². The highest BCUT2D eigenvalue weighted by Crippen LogP contribution is 2.38. The normalized spacial score (nSPS) is 15.4. The van der Waals surface area contributed by atoms with Crippen LogP contribution in [0.3, 0.4) is 0 Å². The molecule has 2 aromatic rings. The van der Waals surface area contributed by atoms with Gasteiger partial charge in [-0.1, -0.05) is 11.6 Å². The number of nitrogens with one attached hydrogen (secondary N) is 1. The molecule has 0 unspecified atom stereocenters. The lowest BCUT2D eigenvalue weighted by atomic mass is 10.2. The van der Waals surface area contributed by atoms with Gasteiger partial charge in [0.15, 0.2) is 0 Å². The summed E-state index contributed by atoms with van der Waals surface area (Å²) in [5.74, 6) is 0.372. The van der Waals surface area contributed by atoms with E-state index in [1.54, 1.807) is 6.07 Å². The Morgan fingerprint density at radius 2 is 1.92 bits per heavy atom. The molecule has 1 aromatic carbocycles. The first-order chi connectivity index (χ1) is 11.7. The summed E-state index contributed by atoms with van der Waals surface area (Å²) in [5.41, 5.74) is 0.181. The van der Waals surface area contributed by atoms with E-state index in [1.807, 2.05) is 0 Å². The average molecular weight is 392 g/mol. The molecule has 10 heteroatoms. The van der Waals surface area contributed by atoms with Crippen LogP contribution in [-0.4, -0.2) is 18.4 Å². The zero-order valence-electron chi connectivity index (χ0n) is 12.7. The van der Waals surface area contributed by atoms with Gasteiger partial charge >= 0.3 is 6.18 Å². The van der Waals surface area contributed by atoms with E-state index >= 15 is 0 Å². The second-order valence-electron chi connectivity index (χ2n) is 5.68. The van der Waals surface area contributed by atoms with E-state index in [0.29, 0.717) is 17.7 Å². The second kappa shape index (κ2) is 6.54. The van der Waals surface area contributed by atoms with Crippen LogP contribution in [0.2, 0.25) is 5.02 Å². The lowest BCUT2D eigenvalue weighted by Crippen LogP contribution is -2.24. The number of benzene rings is 1. The van der Waals surface area contributed by atoms with Crippen LogP contribution in [0.5, 0.6) is 0 Å². The topological polar surface area (TPSA) is 72.0 Å². The smallest absolute Gasteiger partial charge is 0.241 e. The molecule has 1 aromatic heterocycles. The van der Waals surface area contributed by atoms with E-state index in [2.05, 4.69) is 14.7 Å². The first-order valence-electron chi connectivity index (χ1n) is 7.34. The predicted octanol–water partition coefficient (Wildman–Crippen LogP) is 3.50. The lowest BCUT2D eigenvalue weighted by Gasteiger charge is -2.12. The van der Waals surface area contributed by atoms with Gasteiger partial charge in [-0.05, 0) is 37.1 Å². The highest BCUT2D eigenvalue weighted by Gasteiger charge is 2.32. The van der Waals surface area contributed by atoms with Crippen molar-refractivity contribution in [2.24, 2.45) is 0 Å². The number of sulfonamides is 1. The van der Waals surface area contributed by atoms with Gasteiger partial charge in [0.25, 0.3) is 0 Å². The Morgan fingerprint density at radius 3 is 2.56 bits per heavy atom. The minimum absolute atomic E-state index is 0.169. The zero-order chi connectivity index (χ0) is 18.2. The Bertz CT molecular complexity index is 899. The molecule has 0 aliphatic heterocycles. The molecule has 0 bridgehead atoms. The van der Waals surface area contributed by atoms with Crippen LogP contribution in [-0.2, 0) is 22.7 Å². The van der Waals surface area contributed by atoms with Crippen molar-refractivity contribution in [1.82, 2.24) is 14.7 Å². The molecule has 0 radical (unpaired) electrons. The van der Waals surface area contributed by atoms with Gasteiger partial charge < -0.3 is 0 Å². The Balaban J connectivity index is 1.81. The summed E-state index contributed by atoms with van der Waals surface area (Å²) in [6.45, 7) is -0.169. The molecule has 1 N–H and O–H groups in total. The monoisotopic (exact) mass is 391 g/mol. The molecule has 5 nitrogen and oxygen atoms in total. The van der Waals surface area contributed by atoms with Crippen LogP contribution < -0.4 is 4.72 Å². The van der Waals surface area contributed by atoms with Crippen molar-refractivity contribution in [2.75, 3.05) is 0 Å². The number of alkyl halides is 3. The summed E-state index contributed by atoms with van der Waals surface area (Å²) in [7, 11) is -4.23. The molecular formula is C15H13ClF3N3O2S. The summed E-state index contributed by atoms with van der Waals surface area (Å²) in [6, 6.07) is 3.84. The number of hydrogen-bond acceptors (Lipinski definition) is 4. The molecular weight excluding hydrogens is 379 g/mol. The van der Waals surface area contributed by atoms with Gasteiger partial charge in [-0.15, -0.1) is 0 Å². The molecule has 1 saturated carbocycles. The quantitative estimate of drug-likeness (QED) is 0.846. The molecule has 0 amide bonds. The molecule has 1 fully saturated rings. The maximum atomic E-state index is 12.8. The minimum atomic E-state index is -4.67. The molecule has 25 heavy (non-hydrogen) atoms. The summed E-state index contributed by atoms with van der Waals surface area (Å²) < 4.78 is 65.3. The van der Waals surface area contributed by atoms with E-state index in [9.17, 15) is 21.6 Å². The van der Waals surface area contributed by atoms with E-state index < -0.39 is 26.7 Å². The fraction of sp³-hybridized carbons (Fsp3) is 0.333. The first-order valence-corrected chi connectivity index (χ1v) is 9.20. The number of rotatable bonds is 5. The van der Waals surface area contributed by atoms with Gasteiger partial charge in [-0.2, -0.15) is 13.2 Å². The third-order valence-electron chi connectivity index (χ3n) is 3.73. The third kappa shape index (κ3) is 4.28. The highest BCUT2D eigenvalue weighted by molar-refractivity contribution is 7.89. The van der Waals surface area contributed by atoms with Crippen LogP contribution >= 0.6 is 11.6 Å². The van der Waals surface area contributed by atoms with Crippen LogP contribution in [0, 0.1) is 0 Å². The molecule has 1 aliphatic rings. The summed E-state index contributed by atoms with van der Waals surface area (Å²) in [6.07, 6.45) is -1.26. The third-order valence-corrected chi connectivity index (χ3v) is 5.61. The number of hydrogen-bond donors (Lipinski definition) is 1. The van der Waals surface area contributed by atoms with Gasteiger partial charge in [0.1, 0.15) is 11.2 Å². The van der Waals surface area contributed by atoms with Gasteiger partial charge in [-0.3, -0.25) is 0 Å². The first kappa shape index (κ1) is 18.1. The number of nitrogens with zero attached hydrogens (tertiary/aromatic N) is 2. The van der Waals surface area contributed by atoms with Gasteiger partial charge in [-0.25, -0.2) is 23.1 Å². The van der Waals surface area contributed by atoms with Crippen molar-refractivity contribution < 1.29 is 21.6 Å². The Labute approximate surface area is 147 Å². The maximum Gasteiger partial charge on any atom is 0.416 e. The van der Waals surface area contributed by atoms with Crippen molar-refractivity contribution in [3.05, 3.63) is 52.6 Å². The van der Waals surface area contributed by atoms with E-state index in [4.69, 9.17) is 11.6 Å². The molecule has 3 rings (SSSR count). The SMILES string of the molecule is O=S(=O)(NCc1cc(C2CC2)ncn1)c1cc(C(F)(F)F)ccc1Cl. The largest absolute Gasteiger partial charge is 0.416 e. The standard InChI is InChI=1S/C15H13ClF3N3O2S/c16-12-4-3-10(15(17,18)19)5-14(12)25(23,24)22-7-11-6-13(9-1-2-9)21-8-20-11/h3-6,8-9,22H,1-2,7H2. The summed E-state index contributed by atoms with van der Waals surface area (Å²) in [5, 5.41) is -0.290. The fourth-order valence-electron chi connectivity index (χ4n) is 2.25. The second-order valence-corrected chi connectivity index (χ2v) is 7.82. The maximum absolute atomic E-state index is 12.8. The Morgan fingerprint density at radius 1 is 1.20 bits per heavy atom. The highest BCUT2D eigenvalue weighted by atomic mass is 35.5. The number of aromatic nitrogens is 2. The van der Waals surface area contributed by atoms with Crippen LogP contribution in [0.15, 0.2) is 35.5 Å². The molecule has 1 aliphatic carbocycles. The van der Waals surface area contributed by atoms with Crippen molar-refractivity contribution in [1.29, 1.82) is 0 Å². The van der Waals surface area contributed by atoms with Crippen LogP contribution in [0.25, 0.3) is 0 Å². The van der Waals surface area contributed by atoms with Gasteiger partial charge in [0.05, 0.1) is 22.8 Å². The van der Waals surface area contributed by atoms with Crippen LogP contribution in [0.4, 0.5) is 13.2 Å². The summed E-state index contributed by atoms with van der Waals surface area (Å²) >= 11 is 5.78. The van der Waals surface area contributed by atoms with Crippen molar-refractivity contribution in [3.63, 3.8) is 0 Å². The van der Waals surface area contributed by atoms with Gasteiger partial charge in [0, 0.05) is 11.6 Å². The lowest BCUT2D eigenvalue weighted by molar-refractivity contribution is -0.137. The molecule has 0 saturated heterocycles. The van der Waals surface area contributed by atoms with Crippen molar-refractivity contribution in [2.45, 2.75) is 36.4 Å². The molecule has 134 valence electrons. The van der Waals surface area contributed by atoms with E-state index in [1.165, 1.54) is 6.33 Å². The van der Waals surface area contributed by atoms with Crippen molar-refractivity contribution >= 4 is 21.6 Å². The zero-order valence-corrected chi connectivity index (χ0v) is 14.3. The predicted molar refractivity (Wildman–Crippen MR) is 84.5 cm³/mol. The Kier molecular flexibility index (Phi) is 4.74. The van der Waals surface area contributed by atoms with Gasteiger partial charge in [0.2, 0.25) is 10.0 Å². The van der Waals surface area contributed by atoms with Crippen molar-refractivity contribution in [3.8, 4) is 0 Å². The summed E-state index contributed by atoms with van der Waals surface area (Å²) in [4.78, 5) is 7.47. The Hall–Kier alpha value is -1.71. The minimum Gasteiger partial charge on any atom is -0.241 e. The fourth-order valence-corrected chi connectivity index (χ4v) is 3.77. The average Bonchev–Trinajstić information content (AvgIpc) is 3.37. The molecule has 0 atom stereocenters. The van der Waals surface area contributed by atoms with E-state index in [0.717, 1.165) is 30.7 Å². The number of halogens is 4. The molecule has 0 spiro atoms.